The first-order valence-electron chi connectivity index (χ1n) is 5.91. The van der Waals surface area contributed by atoms with Crippen LogP contribution in [0.3, 0.4) is 0 Å². The molecule has 1 aromatic heterocycles. The maximum atomic E-state index is 5.68. The number of hydrogen-bond donors (Lipinski definition) is 0. The number of nitrogens with zero attached hydrogens (tertiary/aromatic N) is 1. The van der Waals surface area contributed by atoms with E-state index in [1.165, 1.54) is 16.7 Å². The van der Waals surface area contributed by atoms with E-state index in [4.69, 9.17) is 11.6 Å². The van der Waals surface area contributed by atoms with E-state index in [1.807, 2.05) is 12.3 Å². The summed E-state index contributed by atoms with van der Waals surface area (Å²) in [6, 6.07) is 12.8. The van der Waals surface area contributed by atoms with Crippen molar-refractivity contribution in [2.75, 3.05) is 5.88 Å². The standard InChI is InChI=1S/C15H16ClN/c16-9-1-3-13-5-7-14(8-6-13)11-15-4-2-10-17-12-15/h2,4-8,10,12H,1,3,9,11H2. The van der Waals surface area contributed by atoms with Gasteiger partial charge in [0.05, 0.1) is 0 Å². The Morgan fingerprint density at radius 2 is 1.71 bits per heavy atom. The third-order valence-corrected chi connectivity index (χ3v) is 3.02. The van der Waals surface area contributed by atoms with Crippen LogP contribution < -0.4 is 0 Å². The molecule has 0 saturated heterocycles. The maximum absolute atomic E-state index is 5.68. The second-order valence-corrected chi connectivity index (χ2v) is 4.53. The molecule has 2 aromatic rings. The molecule has 1 nitrogen and oxygen atoms in total. The zero-order chi connectivity index (χ0) is 11.9. The van der Waals surface area contributed by atoms with Gasteiger partial charge >= 0.3 is 0 Å². The molecule has 0 saturated carbocycles. The second kappa shape index (κ2) is 6.41. The Labute approximate surface area is 107 Å². The average Bonchev–Trinajstić information content (AvgIpc) is 2.39. The highest BCUT2D eigenvalue weighted by Crippen LogP contribution is 2.11. The number of pyridine rings is 1. The molecule has 0 spiro atoms. The molecule has 0 bridgehead atoms. The highest BCUT2D eigenvalue weighted by molar-refractivity contribution is 6.17. The summed E-state index contributed by atoms with van der Waals surface area (Å²) in [6.07, 6.45) is 6.78. The Hall–Kier alpha value is -1.34. The molecular weight excluding hydrogens is 230 g/mol. The molecule has 1 aromatic carbocycles. The Morgan fingerprint density at radius 3 is 2.35 bits per heavy atom. The topological polar surface area (TPSA) is 12.9 Å². The summed E-state index contributed by atoms with van der Waals surface area (Å²) < 4.78 is 0. The van der Waals surface area contributed by atoms with Gasteiger partial charge < -0.3 is 0 Å². The third-order valence-electron chi connectivity index (χ3n) is 2.75. The van der Waals surface area contributed by atoms with Gasteiger partial charge in [-0.1, -0.05) is 30.3 Å². The number of halogens is 1. The molecule has 0 N–H and O–H groups in total. The van der Waals surface area contributed by atoms with Crippen molar-refractivity contribution in [3.63, 3.8) is 0 Å². The lowest BCUT2D eigenvalue weighted by atomic mass is 10.0. The van der Waals surface area contributed by atoms with Crippen molar-refractivity contribution >= 4 is 11.6 Å². The van der Waals surface area contributed by atoms with Crippen LogP contribution in [0.4, 0.5) is 0 Å². The van der Waals surface area contributed by atoms with Crippen molar-refractivity contribution in [3.05, 3.63) is 65.5 Å². The lowest BCUT2D eigenvalue weighted by Crippen LogP contribution is -1.91. The van der Waals surface area contributed by atoms with Crippen LogP contribution in [0, 0.1) is 0 Å². The van der Waals surface area contributed by atoms with Gasteiger partial charge in [-0.15, -0.1) is 11.6 Å². The molecule has 2 rings (SSSR count). The summed E-state index contributed by atoms with van der Waals surface area (Å²) in [7, 11) is 0. The quantitative estimate of drug-likeness (QED) is 0.730. The van der Waals surface area contributed by atoms with Crippen LogP contribution in [-0.2, 0) is 12.8 Å². The van der Waals surface area contributed by atoms with Crippen LogP contribution in [0.25, 0.3) is 0 Å². The minimum Gasteiger partial charge on any atom is -0.264 e. The number of aryl methyl sites for hydroxylation is 1. The van der Waals surface area contributed by atoms with E-state index in [-0.39, 0.29) is 0 Å². The number of hydrogen-bond acceptors (Lipinski definition) is 1. The number of alkyl halides is 1. The molecule has 88 valence electrons. The fraction of sp³-hybridized carbons (Fsp3) is 0.267. The van der Waals surface area contributed by atoms with Gasteiger partial charge in [-0.3, -0.25) is 4.98 Å². The van der Waals surface area contributed by atoms with Gasteiger partial charge in [0, 0.05) is 18.3 Å². The summed E-state index contributed by atoms with van der Waals surface area (Å²) in [4.78, 5) is 4.12. The summed E-state index contributed by atoms with van der Waals surface area (Å²) in [5.74, 6) is 0.734. The van der Waals surface area contributed by atoms with Gasteiger partial charge in [0.2, 0.25) is 0 Å². The van der Waals surface area contributed by atoms with Crippen molar-refractivity contribution < 1.29 is 0 Å². The van der Waals surface area contributed by atoms with Gasteiger partial charge in [0.1, 0.15) is 0 Å². The molecule has 0 atom stereocenters. The second-order valence-electron chi connectivity index (χ2n) is 4.15. The molecule has 0 aliphatic carbocycles. The van der Waals surface area contributed by atoms with Crippen molar-refractivity contribution in [2.24, 2.45) is 0 Å². The van der Waals surface area contributed by atoms with Crippen molar-refractivity contribution in [3.8, 4) is 0 Å². The summed E-state index contributed by atoms with van der Waals surface area (Å²) in [5, 5.41) is 0. The Bertz CT molecular complexity index is 436. The molecule has 17 heavy (non-hydrogen) atoms. The van der Waals surface area contributed by atoms with Crippen LogP contribution in [0.1, 0.15) is 23.1 Å². The van der Waals surface area contributed by atoms with Gasteiger partial charge in [0.25, 0.3) is 0 Å². The molecule has 0 radical (unpaired) electrons. The third kappa shape index (κ3) is 3.86. The van der Waals surface area contributed by atoms with E-state index >= 15 is 0 Å². The fourth-order valence-corrected chi connectivity index (χ4v) is 1.97. The van der Waals surface area contributed by atoms with E-state index in [0.29, 0.717) is 0 Å². The molecule has 2 heteroatoms. The minimum atomic E-state index is 0.734. The zero-order valence-electron chi connectivity index (χ0n) is 9.77. The smallest absolute Gasteiger partial charge is 0.0303 e. The molecule has 1 heterocycles. The van der Waals surface area contributed by atoms with E-state index < -0.39 is 0 Å². The molecule has 0 fully saturated rings. The zero-order valence-corrected chi connectivity index (χ0v) is 10.5. The fourth-order valence-electron chi connectivity index (χ4n) is 1.83. The molecule has 0 amide bonds. The number of aromatic nitrogens is 1. The average molecular weight is 246 g/mol. The summed E-state index contributed by atoms with van der Waals surface area (Å²) >= 11 is 5.68. The van der Waals surface area contributed by atoms with Crippen LogP contribution >= 0.6 is 11.6 Å². The predicted molar refractivity (Wildman–Crippen MR) is 72.5 cm³/mol. The summed E-state index contributed by atoms with van der Waals surface area (Å²) in [6.45, 7) is 0. The SMILES string of the molecule is ClCCCc1ccc(Cc2cccnc2)cc1. The van der Waals surface area contributed by atoms with Crippen molar-refractivity contribution in [2.45, 2.75) is 19.3 Å². The van der Waals surface area contributed by atoms with Crippen LogP contribution in [-0.4, -0.2) is 10.9 Å². The number of benzene rings is 1. The van der Waals surface area contributed by atoms with Gasteiger partial charge in [0.15, 0.2) is 0 Å². The van der Waals surface area contributed by atoms with Gasteiger partial charge in [-0.05, 0) is 42.0 Å². The Kier molecular flexibility index (Phi) is 4.57. The maximum Gasteiger partial charge on any atom is 0.0303 e. The molecule has 0 unspecified atom stereocenters. The van der Waals surface area contributed by atoms with Crippen LogP contribution in [0.15, 0.2) is 48.8 Å². The first-order valence-corrected chi connectivity index (χ1v) is 6.44. The largest absolute Gasteiger partial charge is 0.264 e. The monoisotopic (exact) mass is 245 g/mol. The van der Waals surface area contributed by atoms with E-state index in [9.17, 15) is 0 Å². The lowest BCUT2D eigenvalue weighted by Gasteiger charge is -2.03. The lowest BCUT2D eigenvalue weighted by molar-refractivity contribution is 0.927. The number of rotatable bonds is 5. The first kappa shape index (κ1) is 12.1. The normalized spacial score (nSPS) is 10.4. The minimum absolute atomic E-state index is 0.734. The first-order chi connectivity index (χ1) is 8.38. The predicted octanol–water partition coefficient (Wildman–Crippen LogP) is 3.84. The molecular formula is C15H16ClN. The van der Waals surface area contributed by atoms with E-state index in [1.54, 1.807) is 6.20 Å². The van der Waals surface area contributed by atoms with E-state index in [2.05, 4.69) is 35.3 Å². The Morgan fingerprint density at radius 1 is 0.941 bits per heavy atom. The highest BCUT2D eigenvalue weighted by atomic mass is 35.5. The van der Waals surface area contributed by atoms with Crippen molar-refractivity contribution in [1.82, 2.24) is 4.98 Å². The molecule has 0 aliphatic rings. The van der Waals surface area contributed by atoms with Crippen LogP contribution in [0.2, 0.25) is 0 Å². The van der Waals surface area contributed by atoms with Crippen molar-refractivity contribution in [1.29, 1.82) is 0 Å². The van der Waals surface area contributed by atoms with Crippen LogP contribution in [0.5, 0.6) is 0 Å². The Balaban J connectivity index is 1.98. The van der Waals surface area contributed by atoms with Gasteiger partial charge in [-0.25, -0.2) is 0 Å². The highest BCUT2D eigenvalue weighted by Gasteiger charge is 1.97. The molecule has 0 aliphatic heterocycles. The van der Waals surface area contributed by atoms with Gasteiger partial charge in [-0.2, -0.15) is 0 Å². The van der Waals surface area contributed by atoms with E-state index in [0.717, 1.165) is 25.1 Å². The summed E-state index contributed by atoms with van der Waals surface area (Å²) in [5.41, 5.74) is 3.94.